The highest BCUT2D eigenvalue weighted by Gasteiger charge is 2.24. The molecule has 0 spiro atoms. The SMILES string of the molecule is c1ccc(-c2ccc(-c3ccc(N(c4ccc(-c5ccc(N(c6ccc(-c7ccc(-c8ccccc8)s7)cc6)c6ccc(-c7cccc8c7oc7ccccc78)cc6)cc5)cc4)c4ccc(-c5cccc6c5oc5ccccc56)cc4)cc3)s2)cc1.c1ccc(-c2ccc(-c3ccc(N(c4ccccc4)c4ccc(-c5ccc(N(c6ccccc6)c6ccc(-c7cc8ccccc8s7)cc6)cc5)cc4)cc3)s2)cc1. The van der Waals surface area contributed by atoms with E-state index in [9.17, 15) is 0 Å². The molecule has 26 rings (SSSR count). The van der Waals surface area contributed by atoms with Crippen LogP contribution in [0.15, 0.2) is 555 Å². The van der Waals surface area contributed by atoms with Crippen LogP contribution in [0, 0.1) is 0 Å². The molecule has 0 atom stereocenters. The molecule has 0 aliphatic heterocycles. The fourth-order valence-electron chi connectivity index (χ4n) is 19.7. The van der Waals surface area contributed by atoms with Gasteiger partial charge in [0.15, 0.2) is 0 Å². The van der Waals surface area contributed by atoms with E-state index in [-0.39, 0.29) is 0 Å². The van der Waals surface area contributed by atoms with Crippen LogP contribution in [0.2, 0.25) is 0 Å². The third-order valence-corrected chi connectivity index (χ3v) is 31.7. The first kappa shape index (κ1) is 87.7. The van der Waals surface area contributed by atoms with Crippen LogP contribution >= 0.6 is 45.3 Å². The van der Waals surface area contributed by atoms with Gasteiger partial charge in [-0.25, -0.2) is 0 Å². The predicted octanol–water partition coefficient (Wildman–Crippen LogP) is 40.8. The van der Waals surface area contributed by atoms with Gasteiger partial charge in [0.25, 0.3) is 0 Å². The Kier molecular flexibility index (Phi) is 23.9. The van der Waals surface area contributed by atoms with Gasteiger partial charge < -0.3 is 28.4 Å². The maximum atomic E-state index is 6.49. The molecule has 0 fully saturated rings. The molecule has 0 aliphatic carbocycles. The smallest absolute Gasteiger partial charge is 0.143 e. The monoisotopic (exact) mass is 1910 g/mol. The van der Waals surface area contributed by atoms with E-state index in [0.717, 1.165) is 146 Å². The first-order valence-corrected chi connectivity index (χ1v) is 51.7. The van der Waals surface area contributed by atoms with Crippen molar-refractivity contribution in [1.82, 2.24) is 0 Å². The summed E-state index contributed by atoms with van der Waals surface area (Å²) < 4.78 is 14.3. The number of hydrogen-bond acceptors (Lipinski definition) is 10. The molecule has 144 heavy (non-hydrogen) atoms. The Hall–Kier alpha value is -17.7. The molecule has 0 saturated heterocycles. The van der Waals surface area contributed by atoms with E-state index in [1.807, 2.05) is 69.6 Å². The molecule has 6 heterocycles. The molecule has 0 bridgehead atoms. The van der Waals surface area contributed by atoms with Gasteiger partial charge in [-0.15, -0.1) is 45.3 Å². The van der Waals surface area contributed by atoms with Crippen molar-refractivity contribution in [3.63, 3.8) is 0 Å². The summed E-state index contributed by atoms with van der Waals surface area (Å²) in [4.78, 5) is 18.2. The third-order valence-electron chi connectivity index (χ3n) is 26.9. The van der Waals surface area contributed by atoms with Gasteiger partial charge in [-0.2, -0.15) is 0 Å². The minimum Gasteiger partial charge on any atom is -0.455 e. The highest BCUT2D eigenvalue weighted by Crippen LogP contribution is 2.49. The zero-order chi connectivity index (χ0) is 95.6. The molecule has 10 heteroatoms. The van der Waals surface area contributed by atoms with Crippen LogP contribution < -0.4 is 19.6 Å². The average molecular weight is 1920 g/mol. The van der Waals surface area contributed by atoms with Crippen molar-refractivity contribution in [1.29, 1.82) is 0 Å². The van der Waals surface area contributed by atoms with Crippen LogP contribution in [0.1, 0.15) is 0 Å². The molecule has 6 aromatic heterocycles. The first-order chi connectivity index (χ1) is 71.3. The fourth-order valence-corrected chi connectivity index (χ4v) is 23.8. The van der Waals surface area contributed by atoms with Crippen molar-refractivity contribution >= 4 is 168 Å². The molecule has 6 nitrogen and oxygen atoms in total. The lowest BCUT2D eigenvalue weighted by Gasteiger charge is -2.27. The Morgan fingerprint density at radius 3 is 0.639 bits per heavy atom. The number of nitrogens with zero attached hydrogens (tertiary/aromatic N) is 4. The number of anilines is 12. The lowest BCUT2D eigenvalue weighted by atomic mass is 10.0. The standard InChI is InChI=1S/C80H52N2O2S2.C54H38N2S2/c1-3-13-57(14-4-1)75-49-51-77(85-75)59-33-45-65(46-34-59)81(63-41-29-55(30-42-63)67-19-11-21-71-69-17-7-9-23-73(69)83-79(67)71)61-37-25-53(26-38-61)54-27-39-62(40-28-54)82(66-47-35-60(36-48-66)78-52-50-76(86-78)58-15-5-2-6-16-58)64-43-31-56(32-44-64)68-20-12-22-72-70-18-8-10-24-74(70)84-80(68)72;1-4-12-41(13-5-1)52-36-37-53(57-52)42-24-32-49(33-25-42)55(45-15-6-2-7-16-45)47-28-20-39(21-29-47)40-22-30-48(31-23-40)56(46-17-8-3-9-18-46)50-34-26-43(27-35-50)54-38-44-14-10-11-19-51(44)58-54/h1-52H;1-38H. The largest absolute Gasteiger partial charge is 0.455 e. The highest BCUT2D eigenvalue weighted by atomic mass is 32.1. The van der Waals surface area contributed by atoms with E-state index in [4.69, 9.17) is 8.83 Å². The van der Waals surface area contributed by atoms with Gasteiger partial charge in [0.2, 0.25) is 0 Å². The summed E-state index contributed by atoms with van der Waals surface area (Å²) in [6, 6.07) is 196. The number of para-hydroxylation sites is 6. The van der Waals surface area contributed by atoms with E-state index in [0.29, 0.717) is 0 Å². The molecule has 0 aliphatic rings. The zero-order valence-corrected chi connectivity index (χ0v) is 81.5. The maximum absolute atomic E-state index is 6.49. The lowest BCUT2D eigenvalue weighted by molar-refractivity contribution is 0.669. The van der Waals surface area contributed by atoms with Gasteiger partial charge in [0.1, 0.15) is 22.3 Å². The van der Waals surface area contributed by atoms with Crippen LogP contribution in [0.4, 0.5) is 68.2 Å². The second-order valence-electron chi connectivity index (χ2n) is 35.8. The number of fused-ring (bicyclic) bond motifs is 7. The van der Waals surface area contributed by atoms with Gasteiger partial charge in [-0.05, 0) is 284 Å². The van der Waals surface area contributed by atoms with Gasteiger partial charge >= 0.3 is 0 Å². The predicted molar refractivity (Wildman–Crippen MR) is 615 cm³/mol. The molecule has 0 saturated carbocycles. The molecule has 20 aromatic carbocycles. The summed E-state index contributed by atoms with van der Waals surface area (Å²) in [5, 5.41) is 5.78. The van der Waals surface area contributed by atoms with E-state index in [1.54, 1.807) is 0 Å². The molecule has 0 unspecified atom stereocenters. The minimum absolute atomic E-state index is 0.895. The average Bonchev–Trinajstić information content (AvgIpc) is 1.62. The van der Waals surface area contributed by atoms with Gasteiger partial charge in [-0.3, -0.25) is 0 Å². The number of thiophene rings is 4. The Bertz CT molecular complexity index is 8620. The third kappa shape index (κ3) is 17.7. The molecular formula is C134H90N4O2S4. The zero-order valence-electron chi connectivity index (χ0n) is 78.2. The van der Waals surface area contributed by atoms with Gasteiger partial charge in [0.05, 0.1) is 0 Å². The van der Waals surface area contributed by atoms with Crippen LogP contribution in [0.5, 0.6) is 0 Å². The van der Waals surface area contributed by atoms with Crippen LogP contribution in [-0.4, -0.2) is 0 Å². The maximum Gasteiger partial charge on any atom is 0.143 e. The van der Waals surface area contributed by atoms with E-state index >= 15 is 0 Å². The van der Waals surface area contributed by atoms with Crippen LogP contribution in [0.25, 0.3) is 172 Å². The van der Waals surface area contributed by atoms with Crippen LogP contribution in [-0.2, 0) is 0 Å². The molecule has 0 N–H and O–H groups in total. The number of rotatable bonds is 23. The quantitative estimate of drug-likeness (QED) is 0.0636. The summed E-state index contributed by atoms with van der Waals surface area (Å²) in [5.41, 5.74) is 34.1. The van der Waals surface area contributed by atoms with E-state index < -0.39 is 0 Å². The number of furan rings is 2. The summed E-state index contributed by atoms with van der Waals surface area (Å²) in [6.45, 7) is 0. The van der Waals surface area contributed by atoms with Gasteiger partial charge in [-0.1, -0.05) is 340 Å². The molecule has 0 amide bonds. The van der Waals surface area contributed by atoms with E-state index in [1.165, 1.54) is 94.3 Å². The fraction of sp³-hybridized carbons (Fsp3) is 0. The molecule has 26 aromatic rings. The lowest BCUT2D eigenvalue weighted by Crippen LogP contribution is -2.10. The first-order valence-electron chi connectivity index (χ1n) is 48.4. The Morgan fingerprint density at radius 2 is 0.354 bits per heavy atom. The molecule has 682 valence electrons. The van der Waals surface area contributed by atoms with Crippen molar-refractivity contribution in [3.8, 4) is 118 Å². The molecule has 0 radical (unpaired) electrons. The van der Waals surface area contributed by atoms with Crippen molar-refractivity contribution < 1.29 is 8.83 Å². The normalized spacial score (nSPS) is 11.3. The summed E-state index contributed by atoms with van der Waals surface area (Å²) in [6.07, 6.45) is 0. The van der Waals surface area contributed by atoms with Crippen molar-refractivity contribution in [2.75, 3.05) is 19.6 Å². The topological polar surface area (TPSA) is 39.2 Å². The second kappa shape index (κ2) is 39.2. The highest BCUT2D eigenvalue weighted by molar-refractivity contribution is 7.22. The number of benzene rings is 20. The summed E-state index contributed by atoms with van der Waals surface area (Å²) in [5.74, 6) is 0. The minimum atomic E-state index is 0.895. The summed E-state index contributed by atoms with van der Waals surface area (Å²) >= 11 is 7.31. The van der Waals surface area contributed by atoms with Crippen molar-refractivity contribution in [2.45, 2.75) is 0 Å². The van der Waals surface area contributed by atoms with Crippen molar-refractivity contribution in [3.05, 3.63) is 546 Å². The van der Waals surface area contributed by atoms with Crippen LogP contribution in [0.3, 0.4) is 0 Å². The Morgan fingerprint density at radius 1 is 0.139 bits per heavy atom. The molecular weight excluding hydrogens is 1830 g/mol. The Balaban J connectivity index is 0.000000163. The number of hydrogen-bond donors (Lipinski definition) is 0. The van der Waals surface area contributed by atoms with Gasteiger partial charge in [0, 0.05) is 140 Å². The van der Waals surface area contributed by atoms with E-state index in [2.05, 4.69) is 541 Å². The van der Waals surface area contributed by atoms with Crippen molar-refractivity contribution in [2.24, 2.45) is 0 Å². The Labute approximate surface area is 852 Å². The second-order valence-corrected chi connectivity index (χ2v) is 40.1. The summed E-state index contributed by atoms with van der Waals surface area (Å²) in [7, 11) is 0.